The van der Waals surface area contributed by atoms with E-state index in [1.165, 1.54) is 12.1 Å². The van der Waals surface area contributed by atoms with E-state index in [0.29, 0.717) is 0 Å². The van der Waals surface area contributed by atoms with Crippen LogP contribution in [0.15, 0.2) is 23.1 Å². The number of hydrogen-bond donors (Lipinski definition) is 3. The van der Waals surface area contributed by atoms with Crippen molar-refractivity contribution in [3.63, 3.8) is 0 Å². The lowest BCUT2D eigenvalue weighted by Gasteiger charge is -2.06. The quantitative estimate of drug-likeness (QED) is 0.555. The maximum atomic E-state index is 12.9. The number of rotatable bonds is 4. The molecule has 0 saturated heterocycles. The zero-order valence-corrected chi connectivity index (χ0v) is 9.67. The molecule has 0 radical (unpaired) electrons. The van der Waals surface area contributed by atoms with E-state index in [0.717, 1.165) is 6.07 Å². The third kappa shape index (κ3) is 4.31. The second-order valence-corrected chi connectivity index (χ2v) is 3.57. The molecular weight excluding hydrogens is 247 g/mol. The fourth-order valence-electron chi connectivity index (χ4n) is 1.07. The molecule has 1 aromatic rings. The number of thiol groups is 1. The molecule has 0 spiro atoms. The Kier molecular flexibility index (Phi) is 4.77. The van der Waals surface area contributed by atoms with E-state index in [1.54, 1.807) is 0 Å². The number of halogens is 1. The van der Waals surface area contributed by atoms with Gasteiger partial charge in [0.15, 0.2) is 0 Å². The number of amides is 2. The molecule has 2 amide bonds. The molecular formula is C10H11FN2O3S. The molecule has 0 aliphatic heterocycles. The van der Waals surface area contributed by atoms with Crippen molar-refractivity contribution in [3.8, 4) is 0 Å². The van der Waals surface area contributed by atoms with Crippen LogP contribution in [0.3, 0.4) is 0 Å². The summed E-state index contributed by atoms with van der Waals surface area (Å²) in [5.41, 5.74) is 5.00. The molecule has 92 valence electrons. The Morgan fingerprint density at radius 1 is 1.47 bits per heavy atom. The number of primary amides is 1. The molecule has 0 fully saturated rings. The molecule has 0 saturated carbocycles. The summed E-state index contributed by atoms with van der Waals surface area (Å²) in [5.74, 6) is -0.907. The lowest BCUT2D eigenvalue weighted by Crippen LogP contribution is -2.29. The van der Waals surface area contributed by atoms with Crippen molar-refractivity contribution in [2.24, 2.45) is 5.73 Å². The first kappa shape index (κ1) is 13.3. The number of benzene rings is 1. The molecule has 1 rings (SSSR count). The van der Waals surface area contributed by atoms with E-state index in [2.05, 4.69) is 22.7 Å². The minimum Gasteiger partial charge on any atom is -0.448 e. The number of nitrogens with two attached hydrogens (primary N) is 1. The van der Waals surface area contributed by atoms with Gasteiger partial charge >= 0.3 is 6.09 Å². The fourth-order valence-corrected chi connectivity index (χ4v) is 1.29. The molecule has 0 aliphatic carbocycles. The fraction of sp³-hybridized carbons (Fsp3) is 0.200. The molecule has 0 atom stereocenters. The molecule has 0 aromatic heterocycles. The van der Waals surface area contributed by atoms with Crippen molar-refractivity contribution in [1.29, 1.82) is 0 Å². The van der Waals surface area contributed by atoms with Crippen LogP contribution in [0.1, 0.15) is 10.4 Å². The summed E-state index contributed by atoms with van der Waals surface area (Å²) in [6, 6.07) is 3.79. The standard InChI is InChI=1S/C10H11FN2O3S/c11-7-2-1-6(5-8(7)17)9(14)13-3-4-16-10(12)15/h1-2,5,17H,3-4H2,(H2,12,15)(H,13,14). The lowest BCUT2D eigenvalue weighted by molar-refractivity contribution is 0.0936. The van der Waals surface area contributed by atoms with Crippen molar-refractivity contribution < 1.29 is 18.7 Å². The first-order chi connectivity index (χ1) is 8.00. The molecule has 7 heteroatoms. The topological polar surface area (TPSA) is 81.4 Å². The zero-order chi connectivity index (χ0) is 12.8. The maximum Gasteiger partial charge on any atom is 0.404 e. The van der Waals surface area contributed by atoms with Crippen molar-refractivity contribution in [3.05, 3.63) is 29.6 Å². The van der Waals surface area contributed by atoms with E-state index >= 15 is 0 Å². The Morgan fingerprint density at radius 3 is 2.76 bits per heavy atom. The van der Waals surface area contributed by atoms with E-state index in [4.69, 9.17) is 5.73 Å². The second kappa shape index (κ2) is 6.09. The Labute approximate surface area is 103 Å². The maximum absolute atomic E-state index is 12.9. The summed E-state index contributed by atoms with van der Waals surface area (Å²) in [6.07, 6.45) is -0.904. The Bertz CT molecular complexity index is 440. The highest BCUT2D eigenvalue weighted by Crippen LogP contribution is 2.13. The van der Waals surface area contributed by atoms with Gasteiger partial charge in [-0.05, 0) is 18.2 Å². The highest BCUT2D eigenvalue weighted by atomic mass is 32.1. The van der Waals surface area contributed by atoms with E-state index in [1.807, 2.05) is 0 Å². The van der Waals surface area contributed by atoms with Gasteiger partial charge in [0.1, 0.15) is 12.4 Å². The van der Waals surface area contributed by atoms with Crippen molar-refractivity contribution in [2.75, 3.05) is 13.2 Å². The van der Waals surface area contributed by atoms with Gasteiger partial charge in [-0.2, -0.15) is 0 Å². The molecule has 3 N–H and O–H groups in total. The Hall–Kier alpha value is -1.76. The van der Waals surface area contributed by atoms with Crippen LogP contribution in [0.25, 0.3) is 0 Å². The van der Waals surface area contributed by atoms with Gasteiger partial charge in [-0.25, -0.2) is 9.18 Å². The molecule has 5 nitrogen and oxygen atoms in total. The van der Waals surface area contributed by atoms with Gasteiger partial charge in [-0.1, -0.05) is 0 Å². The predicted octanol–water partition coefficient (Wildman–Crippen LogP) is 0.940. The molecule has 0 unspecified atom stereocenters. The Morgan fingerprint density at radius 2 is 2.18 bits per heavy atom. The van der Waals surface area contributed by atoms with Crippen LogP contribution in [0.2, 0.25) is 0 Å². The molecule has 0 heterocycles. The van der Waals surface area contributed by atoms with Gasteiger partial charge < -0.3 is 15.8 Å². The third-order valence-corrected chi connectivity index (χ3v) is 2.18. The van der Waals surface area contributed by atoms with Crippen LogP contribution >= 0.6 is 12.6 Å². The zero-order valence-electron chi connectivity index (χ0n) is 8.77. The predicted molar refractivity (Wildman–Crippen MR) is 61.5 cm³/mol. The van der Waals surface area contributed by atoms with Gasteiger partial charge in [0.25, 0.3) is 5.91 Å². The summed E-state index contributed by atoms with van der Waals surface area (Å²) < 4.78 is 17.3. The third-order valence-electron chi connectivity index (χ3n) is 1.84. The van der Waals surface area contributed by atoms with Crippen LogP contribution in [0, 0.1) is 5.82 Å². The number of ether oxygens (including phenoxy) is 1. The average Bonchev–Trinajstić information content (AvgIpc) is 2.27. The van der Waals surface area contributed by atoms with E-state index < -0.39 is 17.8 Å². The number of carbonyl (C=O) groups is 2. The highest BCUT2D eigenvalue weighted by Gasteiger charge is 2.07. The average molecular weight is 258 g/mol. The van der Waals surface area contributed by atoms with Crippen LogP contribution < -0.4 is 11.1 Å². The smallest absolute Gasteiger partial charge is 0.404 e. The summed E-state index contributed by atoms with van der Waals surface area (Å²) in [4.78, 5) is 21.8. The first-order valence-corrected chi connectivity index (χ1v) is 5.14. The van der Waals surface area contributed by atoms with Crippen LogP contribution in [0.5, 0.6) is 0 Å². The van der Waals surface area contributed by atoms with E-state index in [-0.39, 0.29) is 23.6 Å². The number of hydrogen-bond acceptors (Lipinski definition) is 4. The molecule has 1 aromatic carbocycles. The number of nitrogens with one attached hydrogen (secondary N) is 1. The molecule has 0 bridgehead atoms. The largest absolute Gasteiger partial charge is 0.448 e. The summed E-state index contributed by atoms with van der Waals surface area (Å²) in [6.45, 7) is 0.108. The van der Waals surface area contributed by atoms with Gasteiger partial charge in [-0.3, -0.25) is 4.79 Å². The minimum absolute atomic E-state index is 0.0179. The molecule has 0 aliphatic rings. The van der Waals surface area contributed by atoms with Crippen molar-refractivity contribution >= 4 is 24.6 Å². The second-order valence-electron chi connectivity index (χ2n) is 3.09. The van der Waals surface area contributed by atoms with Gasteiger partial charge in [0.2, 0.25) is 0 Å². The van der Waals surface area contributed by atoms with Gasteiger partial charge in [0, 0.05) is 10.5 Å². The van der Waals surface area contributed by atoms with Gasteiger partial charge in [-0.15, -0.1) is 12.6 Å². The summed E-state index contributed by atoms with van der Waals surface area (Å²) in [5, 5.41) is 2.47. The first-order valence-electron chi connectivity index (χ1n) is 4.69. The minimum atomic E-state index is -0.904. The highest BCUT2D eigenvalue weighted by molar-refractivity contribution is 7.80. The SMILES string of the molecule is NC(=O)OCCNC(=O)c1ccc(F)c(S)c1. The summed E-state index contributed by atoms with van der Waals surface area (Å²) in [7, 11) is 0. The summed E-state index contributed by atoms with van der Waals surface area (Å²) >= 11 is 3.86. The molecule has 17 heavy (non-hydrogen) atoms. The van der Waals surface area contributed by atoms with Crippen molar-refractivity contribution in [1.82, 2.24) is 5.32 Å². The van der Waals surface area contributed by atoms with Crippen LogP contribution in [0.4, 0.5) is 9.18 Å². The van der Waals surface area contributed by atoms with E-state index in [9.17, 15) is 14.0 Å². The van der Waals surface area contributed by atoms with Crippen LogP contribution in [-0.4, -0.2) is 25.2 Å². The van der Waals surface area contributed by atoms with Gasteiger partial charge in [0.05, 0.1) is 6.54 Å². The monoisotopic (exact) mass is 258 g/mol. The number of carbonyl (C=O) groups excluding carboxylic acids is 2. The Balaban J connectivity index is 2.47. The normalized spacial score (nSPS) is 9.76. The van der Waals surface area contributed by atoms with Crippen LogP contribution in [-0.2, 0) is 4.74 Å². The lowest BCUT2D eigenvalue weighted by atomic mass is 10.2. The van der Waals surface area contributed by atoms with Crippen molar-refractivity contribution in [2.45, 2.75) is 4.90 Å².